The first-order valence-corrected chi connectivity index (χ1v) is 11.6. The highest BCUT2D eigenvalue weighted by atomic mass is 16.3. The van der Waals surface area contributed by atoms with Crippen molar-refractivity contribution in [1.29, 1.82) is 0 Å². The molecule has 1 N–H and O–H groups in total. The molecule has 0 saturated heterocycles. The van der Waals surface area contributed by atoms with Crippen molar-refractivity contribution in [3.05, 3.63) is 53.4 Å². The van der Waals surface area contributed by atoms with Gasteiger partial charge in [0.1, 0.15) is 11.2 Å². The average molecular weight is 434 g/mol. The molecule has 1 unspecified atom stereocenters. The fraction of sp³-hybridized carbons (Fsp3) is 0.462. The number of amides is 2. The highest BCUT2D eigenvalue weighted by molar-refractivity contribution is 6.13. The standard InChI is InChI=1S/C26H31N3O3/c1-16-5-7-19(8-6-16)27-25(31)26(4)15-28-21-9-10-32-23(21)14-22(28)24(30)29(26)20-12-17(2)11-18(3)13-20/h9-14,16,19H,5-8,15H2,1-4H3,(H,27,31). The zero-order valence-electron chi connectivity index (χ0n) is 19.3. The van der Waals surface area contributed by atoms with Gasteiger partial charge in [0.25, 0.3) is 5.91 Å². The molecule has 1 fully saturated rings. The van der Waals surface area contributed by atoms with Crippen molar-refractivity contribution >= 4 is 28.6 Å². The fourth-order valence-electron chi connectivity index (χ4n) is 5.44. The smallest absolute Gasteiger partial charge is 0.276 e. The van der Waals surface area contributed by atoms with Crippen LogP contribution in [-0.4, -0.2) is 28.0 Å². The van der Waals surface area contributed by atoms with Crippen LogP contribution in [0.15, 0.2) is 41.0 Å². The third kappa shape index (κ3) is 3.33. The van der Waals surface area contributed by atoms with Crippen LogP contribution in [0.3, 0.4) is 0 Å². The molecule has 3 aromatic rings. The number of hydrogen-bond donors (Lipinski definition) is 1. The lowest BCUT2D eigenvalue weighted by Crippen LogP contribution is -2.65. The van der Waals surface area contributed by atoms with E-state index >= 15 is 0 Å². The van der Waals surface area contributed by atoms with E-state index in [2.05, 4.69) is 18.3 Å². The van der Waals surface area contributed by atoms with E-state index in [0.717, 1.165) is 48.0 Å². The minimum Gasteiger partial charge on any atom is -0.463 e. The summed E-state index contributed by atoms with van der Waals surface area (Å²) in [6.45, 7) is 8.56. The molecular weight excluding hydrogens is 402 g/mol. The number of anilines is 1. The largest absolute Gasteiger partial charge is 0.463 e. The highest BCUT2D eigenvalue weighted by Gasteiger charge is 2.49. The number of nitrogens with one attached hydrogen (secondary N) is 1. The number of carbonyl (C=O) groups excluding carboxylic acids is 2. The molecule has 2 aromatic heterocycles. The normalized spacial score (nSPS) is 25.8. The minimum absolute atomic E-state index is 0.0967. The average Bonchev–Trinajstić information content (AvgIpc) is 3.31. The van der Waals surface area contributed by atoms with Crippen molar-refractivity contribution in [3.8, 4) is 0 Å². The van der Waals surface area contributed by atoms with E-state index in [1.807, 2.05) is 43.5 Å². The van der Waals surface area contributed by atoms with Crippen molar-refractivity contribution in [2.75, 3.05) is 4.90 Å². The van der Waals surface area contributed by atoms with Crippen LogP contribution in [0.25, 0.3) is 11.1 Å². The van der Waals surface area contributed by atoms with Gasteiger partial charge in [-0.15, -0.1) is 0 Å². The Balaban J connectivity index is 1.58. The molecular formula is C26H31N3O3. The van der Waals surface area contributed by atoms with Gasteiger partial charge in [-0.05, 0) is 75.6 Å². The monoisotopic (exact) mass is 433 g/mol. The molecule has 1 atom stereocenters. The van der Waals surface area contributed by atoms with Crippen molar-refractivity contribution < 1.29 is 14.0 Å². The molecule has 2 aliphatic rings. The van der Waals surface area contributed by atoms with Gasteiger partial charge in [-0.2, -0.15) is 0 Å². The van der Waals surface area contributed by atoms with Crippen LogP contribution in [0, 0.1) is 19.8 Å². The van der Waals surface area contributed by atoms with E-state index in [-0.39, 0.29) is 17.9 Å². The van der Waals surface area contributed by atoms with Crippen LogP contribution in [0.1, 0.15) is 61.1 Å². The number of nitrogens with zero attached hydrogens (tertiary/aromatic N) is 2. The Kier molecular flexibility index (Phi) is 4.91. The molecule has 1 aliphatic carbocycles. The fourth-order valence-corrected chi connectivity index (χ4v) is 5.44. The Morgan fingerprint density at radius 3 is 2.47 bits per heavy atom. The van der Waals surface area contributed by atoms with Crippen molar-refractivity contribution in [1.82, 2.24) is 9.88 Å². The second-order valence-corrected chi connectivity index (χ2v) is 9.98. The zero-order chi connectivity index (χ0) is 22.6. The SMILES string of the molecule is Cc1cc(C)cc(N2C(=O)c3cc4occc4n3CC2(C)C(=O)NC2CCC(C)CC2)c1. The van der Waals surface area contributed by atoms with Gasteiger partial charge in [0.05, 0.1) is 18.3 Å². The van der Waals surface area contributed by atoms with Gasteiger partial charge in [0, 0.05) is 23.9 Å². The molecule has 0 spiro atoms. The molecule has 1 saturated carbocycles. The predicted molar refractivity (Wildman–Crippen MR) is 125 cm³/mol. The summed E-state index contributed by atoms with van der Waals surface area (Å²) in [6, 6.07) is 9.86. The first kappa shape index (κ1) is 20.9. The Hall–Kier alpha value is -3.02. The molecule has 1 aliphatic heterocycles. The quantitative estimate of drug-likeness (QED) is 0.634. The first-order chi connectivity index (χ1) is 15.3. The van der Waals surface area contributed by atoms with E-state index in [1.165, 1.54) is 0 Å². The van der Waals surface area contributed by atoms with E-state index in [1.54, 1.807) is 17.2 Å². The summed E-state index contributed by atoms with van der Waals surface area (Å²) in [5.74, 6) is 0.432. The summed E-state index contributed by atoms with van der Waals surface area (Å²) >= 11 is 0. The third-order valence-corrected chi connectivity index (χ3v) is 7.21. The van der Waals surface area contributed by atoms with Crippen LogP contribution in [0.5, 0.6) is 0 Å². The van der Waals surface area contributed by atoms with E-state index in [4.69, 9.17) is 4.42 Å². The summed E-state index contributed by atoms with van der Waals surface area (Å²) < 4.78 is 7.50. The van der Waals surface area contributed by atoms with Gasteiger partial charge in [-0.1, -0.05) is 13.0 Å². The maximum Gasteiger partial charge on any atom is 0.276 e. The maximum absolute atomic E-state index is 13.8. The molecule has 6 heteroatoms. The molecule has 32 heavy (non-hydrogen) atoms. The number of benzene rings is 1. The highest BCUT2D eigenvalue weighted by Crippen LogP contribution is 2.37. The van der Waals surface area contributed by atoms with Gasteiger partial charge in [0.15, 0.2) is 5.58 Å². The summed E-state index contributed by atoms with van der Waals surface area (Å²) in [6.07, 6.45) is 5.85. The van der Waals surface area contributed by atoms with Crippen LogP contribution >= 0.6 is 0 Å². The molecule has 3 heterocycles. The number of rotatable bonds is 3. The number of aromatic nitrogens is 1. The first-order valence-electron chi connectivity index (χ1n) is 11.6. The molecule has 6 nitrogen and oxygen atoms in total. The lowest BCUT2D eigenvalue weighted by atomic mass is 9.86. The number of fused-ring (bicyclic) bond motifs is 3. The Bertz CT molecular complexity index is 1180. The topological polar surface area (TPSA) is 67.5 Å². The maximum atomic E-state index is 13.8. The summed E-state index contributed by atoms with van der Waals surface area (Å²) in [5.41, 5.74) is 3.88. The van der Waals surface area contributed by atoms with Crippen LogP contribution in [0.4, 0.5) is 5.69 Å². The number of aryl methyl sites for hydroxylation is 2. The lowest BCUT2D eigenvalue weighted by Gasteiger charge is -2.45. The predicted octanol–water partition coefficient (Wildman–Crippen LogP) is 4.97. The van der Waals surface area contributed by atoms with E-state index in [9.17, 15) is 9.59 Å². The van der Waals surface area contributed by atoms with E-state index in [0.29, 0.717) is 23.7 Å². The van der Waals surface area contributed by atoms with Crippen molar-refractivity contribution in [2.24, 2.45) is 5.92 Å². The van der Waals surface area contributed by atoms with Crippen molar-refractivity contribution in [2.45, 2.75) is 71.5 Å². The lowest BCUT2D eigenvalue weighted by molar-refractivity contribution is -0.127. The van der Waals surface area contributed by atoms with Crippen molar-refractivity contribution in [3.63, 3.8) is 0 Å². The second kappa shape index (κ2) is 7.54. The second-order valence-electron chi connectivity index (χ2n) is 9.98. The summed E-state index contributed by atoms with van der Waals surface area (Å²) in [4.78, 5) is 29.4. The number of furan rings is 1. The van der Waals surface area contributed by atoms with Gasteiger partial charge in [0.2, 0.25) is 5.91 Å². The Labute approximate surface area is 188 Å². The molecule has 1 aromatic carbocycles. The third-order valence-electron chi connectivity index (χ3n) is 7.21. The van der Waals surface area contributed by atoms with Gasteiger partial charge >= 0.3 is 0 Å². The molecule has 0 radical (unpaired) electrons. The van der Waals surface area contributed by atoms with Crippen LogP contribution in [0.2, 0.25) is 0 Å². The molecule has 5 rings (SSSR count). The van der Waals surface area contributed by atoms with E-state index < -0.39 is 5.54 Å². The van der Waals surface area contributed by atoms with Crippen LogP contribution in [-0.2, 0) is 11.3 Å². The summed E-state index contributed by atoms with van der Waals surface area (Å²) in [5, 5.41) is 3.29. The summed E-state index contributed by atoms with van der Waals surface area (Å²) in [7, 11) is 0. The molecule has 2 amide bonds. The number of hydrogen-bond acceptors (Lipinski definition) is 3. The van der Waals surface area contributed by atoms with Gasteiger partial charge in [-0.25, -0.2) is 0 Å². The number of carbonyl (C=O) groups is 2. The zero-order valence-corrected chi connectivity index (χ0v) is 19.3. The Morgan fingerprint density at radius 2 is 1.78 bits per heavy atom. The molecule has 168 valence electrons. The Morgan fingerprint density at radius 1 is 1.09 bits per heavy atom. The van der Waals surface area contributed by atoms with Crippen LogP contribution < -0.4 is 10.2 Å². The van der Waals surface area contributed by atoms with Gasteiger partial charge < -0.3 is 14.3 Å². The molecule has 0 bridgehead atoms. The minimum atomic E-state index is -1.06. The van der Waals surface area contributed by atoms with Gasteiger partial charge in [-0.3, -0.25) is 14.5 Å².